The highest BCUT2D eigenvalue weighted by molar-refractivity contribution is 9.10. The van der Waals surface area contributed by atoms with Gasteiger partial charge in [0.1, 0.15) is 0 Å². The lowest BCUT2D eigenvalue weighted by atomic mass is 10.1. The molecule has 0 spiro atoms. The number of hydrogen-bond acceptors (Lipinski definition) is 4. The maximum atomic E-state index is 6.09. The molecule has 0 fully saturated rings. The van der Waals surface area contributed by atoms with Crippen LogP contribution in [0.2, 0.25) is 0 Å². The average molecular weight is 323 g/mol. The maximum Gasteiger partial charge on any atom is 0.0588 e. The molecule has 2 nitrogen and oxygen atoms in total. The van der Waals surface area contributed by atoms with E-state index in [0.717, 1.165) is 16.8 Å². The first-order valence-electron chi connectivity index (χ1n) is 5.25. The molecule has 2 N–H and O–H groups in total. The van der Waals surface area contributed by atoms with E-state index in [9.17, 15) is 0 Å². The van der Waals surface area contributed by atoms with Gasteiger partial charge in [0, 0.05) is 33.1 Å². The van der Waals surface area contributed by atoms with E-state index in [1.54, 1.807) is 11.3 Å². The van der Waals surface area contributed by atoms with Crippen molar-refractivity contribution in [2.75, 3.05) is 25.6 Å². The monoisotopic (exact) mass is 322 g/mol. The van der Waals surface area contributed by atoms with Crippen molar-refractivity contribution >= 4 is 39.0 Å². The van der Waals surface area contributed by atoms with Crippen LogP contribution in [0, 0.1) is 0 Å². The lowest BCUT2D eigenvalue weighted by Gasteiger charge is -2.30. The summed E-state index contributed by atoms with van der Waals surface area (Å²) in [5.41, 5.74) is 6.09. The number of hydrogen-bond donors (Lipinski definition) is 1. The highest BCUT2D eigenvalue weighted by atomic mass is 79.9. The molecule has 2 atom stereocenters. The zero-order valence-corrected chi connectivity index (χ0v) is 13.2. The fourth-order valence-corrected chi connectivity index (χ4v) is 3.93. The summed E-state index contributed by atoms with van der Waals surface area (Å²) in [7, 11) is 2.15. The van der Waals surface area contributed by atoms with Crippen LogP contribution in [0.15, 0.2) is 15.9 Å². The summed E-state index contributed by atoms with van der Waals surface area (Å²) < 4.78 is 1.15. The summed E-state index contributed by atoms with van der Waals surface area (Å²) in [4.78, 5) is 3.69. The van der Waals surface area contributed by atoms with E-state index in [-0.39, 0.29) is 6.04 Å². The van der Waals surface area contributed by atoms with Gasteiger partial charge in [-0.15, -0.1) is 11.3 Å². The van der Waals surface area contributed by atoms with Gasteiger partial charge in [-0.25, -0.2) is 0 Å². The first-order chi connectivity index (χ1) is 7.56. The van der Waals surface area contributed by atoms with Crippen LogP contribution < -0.4 is 5.73 Å². The van der Waals surface area contributed by atoms with Crippen molar-refractivity contribution in [3.8, 4) is 0 Å². The molecule has 16 heavy (non-hydrogen) atoms. The van der Waals surface area contributed by atoms with Gasteiger partial charge in [0.25, 0.3) is 0 Å². The molecule has 0 radical (unpaired) electrons. The van der Waals surface area contributed by atoms with Crippen LogP contribution in [0.25, 0.3) is 0 Å². The molecule has 2 unspecified atom stereocenters. The quantitative estimate of drug-likeness (QED) is 0.872. The number of thiophene rings is 1. The zero-order chi connectivity index (χ0) is 12.1. The molecule has 0 aliphatic carbocycles. The summed E-state index contributed by atoms with van der Waals surface area (Å²) in [6, 6.07) is 2.65. The van der Waals surface area contributed by atoms with E-state index in [1.165, 1.54) is 4.88 Å². The van der Waals surface area contributed by atoms with Crippen molar-refractivity contribution in [3.05, 3.63) is 20.8 Å². The van der Waals surface area contributed by atoms with Crippen LogP contribution in [0.1, 0.15) is 17.8 Å². The van der Waals surface area contributed by atoms with E-state index in [0.29, 0.717) is 6.04 Å². The van der Waals surface area contributed by atoms with E-state index in [2.05, 4.69) is 52.5 Å². The van der Waals surface area contributed by atoms with Gasteiger partial charge < -0.3 is 5.73 Å². The van der Waals surface area contributed by atoms with Gasteiger partial charge in [0.05, 0.1) is 6.04 Å². The topological polar surface area (TPSA) is 29.3 Å². The molecule has 1 rings (SSSR count). The summed E-state index contributed by atoms with van der Waals surface area (Å²) in [5.74, 6) is 1.15. The van der Waals surface area contributed by atoms with E-state index in [4.69, 9.17) is 5.73 Å². The largest absolute Gasteiger partial charge is 0.326 e. The van der Waals surface area contributed by atoms with Crippen LogP contribution in [0.5, 0.6) is 0 Å². The highest BCUT2D eigenvalue weighted by Gasteiger charge is 2.22. The van der Waals surface area contributed by atoms with Crippen molar-refractivity contribution < 1.29 is 0 Å². The lowest BCUT2D eigenvalue weighted by molar-refractivity contribution is 0.235. The SMILES string of the molecule is CSCCN(C)C(c1cc(Br)cs1)C(C)N. The Bertz CT molecular complexity index is 315. The van der Waals surface area contributed by atoms with Crippen LogP contribution in [-0.4, -0.2) is 36.5 Å². The molecule has 1 heterocycles. The summed E-state index contributed by atoms with van der Waals surface area (Å²) >= 11 is 7.14. The fourth-order valence-electron chi connectivity index (χ4n) is 1.74. The third-order valence-electron chi connectivity index (χ3n) is 2.50. The second-order valence-electron chi connectivity index (χ2n) is 3.94. The van der Waals surface area contributed by atoms with E-state index < -0.39 is 0 Å². The highest BCUT2D eigenvalue weighted by Crippen LogP contribution is 2.30. The lowest BCUT2D eigenvalue weighted by Crippen LogP contribution is -2.37. The second kappa shape index (κ2) is 7.01. The number of nitrogens with two attached hydrogens (primary N) is 1. The second-order valence-corrected chi connectivity index (χ2v) is 6.79. The summed E-state index contributed by atoms with van der Waals surface area (Å²) in [6.45, 7) is 3.15. The van der Waals surface area contributed by atoms with E-state index in [1.807, 2.05) is 11.8 Å². The van der Waals surface area contributed by atoms with Gasteiger partial charge in [-0.2, -0.15) is 11.8 Å². The van der Waals surface area contributed by atoms with Crippen molar-refractivity contribution in [1.82, 2.24) is 4.90 Å². The Morgan fingerprint density at radius 1 is 1.62 bits per heavy atom. The molecular weight excluding hydrogens is 304 g/mol. The van der Waals surface area contributed by atoms with Crippen LogP contribution in [0.3, 0.4) is 0 Å². The van der Waals surface area contributed by atoms with Gasteiger partial charge in [-0.05, 0) is 42.2 Å². The maximum absolute atomic E-state index is 6.09. The van der Waals surface area contributed by atoms with Crippen LogP contribution in [-0.2, 0) is 0 Å². The van der Waals surface area contributed by atoms with Crippen molar-refractivity contribution in [1.29, 1.82) is 0 Å². The molecule has 0 aromatic carbocycles. The predicted octanol–water partition coefficient (Wildman–Crippen LogP) is 3.19. The average Bonchev–Trinajstić information content (AvgIpc) is 2.61. The Morgan fingerprint density at radius 3 is 2.75 bits per heavy atom. The minimum absolute atomic E-state index is 0.150. The molecule has 0 amide bonds. The predicted molar refractivity (Wildman–Crippen MR) is 79.4 cm³/mol. The van der Waals surface area contributed by atoms with Crippen molar-refractivity contribution in [2.45, 2.75) is 19.0 Å². The first-order valence-corrected chi connectivity index (χ1v) is 8.31. The Kier molecular flexibility index (Phi) is 6.36. The summed E-state index contributed by atoms with van der Waals surface area (Å²) in [6.07, 6.45) is 2.14. The molecule has 5 heteroatoms. The number of likely N-dealkylation sites (N-methyl/N-ethyl adjacent to an activating group) is 1. The van der Waals surface area contributed by atoms with Gasteiger partial charge in [0.15, 0.2) is 0 Å². The Hall–Kier alpha value is 0.450. The number of halogens is 1. The van der Waals surface area contributed by atoms with Crippen molar-refractivity contribution in [3.63, 3.8) is 0 Å². The fraction of sp³-hybridized carbons (Fsp3) is 0.636. The van der Waals surface area contributed by atoms with Gasteiger partial charge in [-0.1, -0.05) is 0 Å². The molecule has 1 aromatic heterocycles. The number of rotatable bonds is 6. The third kappa shape index (κ3) is 4.04. The number of nitrogens with zero attached hydrogens (tertiary/aromatic N) is 1. The Morgan fingerprint density at radius 2 is 2.31 bits per heavy atom. The minimum atomic E-state index is 0.150. The van der Waals surface area contributed by atoms with Gasteiger partial charge in [-0.3, -0.25) is 4.90 Å². The minimum Gasteiger partial charge on any atom is -0.326 e. The molecule has 0 bridgehead atoms. The van der Waals surface area contributed by atoms with Gasteiger partial charge >= 0.3 is 0 Å². The van der Waals surface area contributed by atoms with Crippen molar-refractivity contribution in [2.24, 2.45) is 5.73 Å². The zero-order valence-electron chi connectivity index (χ0n) is 9.94. The number of thioether (sulfide) groups is 1. The molecule has 0 aliphatic heterocycles. The first kappa shape index (κ1) is 14.5. The van der Waals surface area contributed by atoms with Crippen LogP contribution in [0.4, 0.5) is 0 Å². The van der Waals surface area contributed by atoms with Crippen LogP contribution >= 0.6 is 39.0 Å². The summed E-state index contributed by atoms with van der Waals surface area (Å²) in [5, 5.41) is 2.12. The normalized spacial score (nSPS) is 15.4. The molecule has 1 aromatic rings. The molecule has 0 aliphatic rings. The standard InChI is InChI=1S/C11H19BrN2S2/c1-8(13)11(14(2)4-5-15-3)10-6-9(12)7-16-10/h6-8,11H,4-5,13H2,1-3H3. The Balaban J connectivity index is 2.74. The molecule has 0 saturated carbocycles. The molecular formula is C11H19BrN2S2. The Labute approximate surface area is 115 Å². The van der Waals surface area contributed by atoms with E-state index >= 15 is 0 Å². The third-order valence-corrected chi connectivity index (χ3v) is 4.86. The smallest absolute Gasteiger partial charge is 0.0588 e. The molecule has 0 saturated heterocycles. The van der Waals surface area contributed by atoms with Gasteiger partial charge in [0.2, 0.25) is 0 Å². The molecule has 92 valence electrons.